The van der Waals surface area contributed by atoms with Crippen molar-refractivity contribution < 1.29 is 0 Å². The lowest BCUT2D eigenvalue weighted by molar-refractivity contribution is 0.533. The number of nitrogens with zero attached hydrogens (tertiary/aromatic N) is 5. The number of aromatic amines is 2. The van der Waals surface area contributed by atoms with E-state index in [-0.39, 0.29) is 0 Å². The Labute approximate surface area is 161 Å². The number of H-pyrrole nitrogens is 2. The Morgan fingerprint density at radius 2 is 1.75 bits per heavy atom. The Bertz CT molecular complexity index is 1100. The summed E-state index contributed by atoms with van der Waals surface area (Å²) in [5, 5.41) is 27.9. The molecule has 8 heteroatoms. The summed E-state index contributed by atoms with van der Waals surface area (Å²) < 4.78 is 0. The van der Waals surface area contributed by atoms with Gasteiger partial charge in [-0.3, -0.25) is 10.2 Å². The van der Waals surface area contributed by atoms with Crippen LogP contribution < -0.4 is 10.2 Å². The van der Waals surface area contributed by atoms with Crippen LogP contribution in [0, 0.1) is 11.8 Å². The molecular formula is C20H20N8. The van der Waals surface area contributed by atoms with Gasteiger partial charge in [0, 0.05) is 48.9 Å². The van der Waals surface area contributed by atoms with Crippen LogP contribution in [0.3, 0.4) is 0 Å². The second kappa shape index (κ2) is 6.13. The predicted octanol–water partition coefficient (Wildman–Crippen LogP) is 2.07. The van der Waals surface area contributed by atoms with Crippen molar-refractivity contribution in [3.8, 4) is 22.4 Å². The molecule has 0 aliphatic carbocycles. The van der Waals surface area contributed by atoms with Gasteiger partial charge in [-0.1, -0.05) is 6.07 Å². The first kappa shape index (κ1) is 15.8. The van der Waals surface area contributed by atoms with Gasteiger partial charge in [0.25, 0.3) is 0 Å². The van der Waals surface area contributed by atoms with Crippen molar-refractivity contribution in [2.24, 2.45) is 11.8 Å². The van der Waals surface area contributed by atoms with Gasteiger partial charge >= 0.3 is 0 Å². The van der Waals surface area contributed by atoms with Crippen molar-refractivity contribution >= 4 is 16.7 Å². The van der Waals surface area contributed by atoms with Gasteiger partial charge < -0.3 is 10.2 Å². The van der Waals surface area contributed by atoms with Gasteiger partial charge in [0.1, 0.15) is 0 Å². The first-order valence-corrected chi connectivity index (χ1v) is 9.62. The molecule has 1 aromatic carbocycles. The zero-order valence-corrected chi connectivity index (χ0v) is 15.3. The van der Waals surface area contributed by atoms with E-state index < -0.39 is 0 Å². The number of hydrogen-bond donors (Lipinski definition) is 3. The molecule has 8 nitrogen and oxygen atoms in total. The molecule has 2 aliphatic rings. The summed E-state index contributed by atoms with van der Waals surface area (Å²) >= 11 is 0. The highest BCUT2D eigenvalue weighted by Gasteiger charge is 2.36. The van der Waals surface area contributed by atoms with Gasteiger partial charge in [-0.05, 0) is 35.6 Å². The van der Waals surface area contributed by atoms with Gasteiger partial charge in [0.15, 0.2) is 5.82 Å². The maximum Gasteiger partial charge on any atom is 0.151 e. The first-order chi connectivity index (χ1) is 13.9. The highest BCUT2D eigenvalue weighted by atomic mass is 15.3. The van der Waals surface area contributed by atoms with Gasteiger partial charge in [-0.15, -0.1) is 10.2 Å². The van der Waals surface area contributed by atoms with E-state index in [0.29, 0.717) is 0 Å². The van der Waals surface area contributed by atoms with E-state index in [1.165, 1.54) is 0 Å². The molecule has 5 heterocycles. The summed E-state index contributed by atoms with van der Waals surface area (Å²) in [6, 6.07) is 8.30. The second-order valence-electron chi connectivity index (χ2n) is 7.67. The van der Waals surface area contributed by atoms with Crippen LogP contribution in [0.4, 0.5) is 5.82 Å². The van der Waals surface area contributed by atoms with Crippen LogP contribution in [0.5, 0.6) is 0 Å². The van der Waals surface area contributed by atoms with E-state index in [0.717, 1.165) is 77.1 Å². The van der Waals surface area contributed by atoms with E-state index in [9.17, 15) is 0 Å². The molecular weight excluding hydrogens is 352 g/mol. The number of aromatic nitrogens is 6. The quantitative estimate of drug-likeness (QED) is 0.509. The molecule has 3 N–H and O–H groups in total. The van der Waals surface area contributed by atoms with Crippen molar-refractivity contribution in [2.45, 2.75) is 0 Å². The van der Waals surface area contributed by atoms with Crippen molar-refractivity contribution in [1.82, 2.24) is 35.9 Å². The normalized spacial score (nSPS) is 21.5. The van der Waals surface area contributed by atoms with Crippen molar-refractivity contribution in [3.63, 3.8) is 0 Å². The average molecular weight is 372 g/mol. The van der Waals surface area contributed by atoms with Crippen molar-refractivity contribution in [2.75, 3.05) is 31.1 Å². The first-order valence-electron chi connectivity index (χ1n) is 9.62. The molecule has 0 amide bonds. The molecule has 0 radical (unpaired) electrons. The fourth-order valence-electron chi connectivity index (χ4n) is 4.58. The van der Waals surface area contributed by atoms with Gasteiger partial charge in [0.05, 0.1) is 23.6 Å². The number of fused-ring (bicyclic) bond motifs is 2. The van der Waals surface area contributed by atoms with E-state index in [2.05, 4.69) is 65.1 Å². The summed E-state index contributed by atoms with van der Waals surface area (Å²) in [7, 11) is 0. The molecule has 2 atom stereocenters. The summed E-state index contributed by atoms with van der Waals surface area (Å²) in [4.78, 5) is 2.36. The fraction of sp³-hybridized carbons (Fsp3) is 0.300. The molecule has 4 aromatic rings. The van der Waals surface area contributed by atoms with Gasteiger partial charge in [-0.2, -0.15) is 10.2 Å². The third-order valence-electron chi connectivity index (χ3n) is 6.06. The van der Waals surface area contributed by atoms with E-state index in [1.807, 2.05) is 18.6 Å². The van der Waals surface area contributed by atoms with Gasteiger partial charge in [0.2, 0.25) is 0 Å². The van der Waals surface area contributed by atoms with Crippen LogP contribution >= 0.6 is 0 Å². The Hall–Kier alpha value is -3.26. The second-order valence-corrected chi connectivity index (χ2v) is 7.67. The highest BCUT2D eigenvalue weighted by molar-refractivity contribution is 6.01. The molecule has 0 spiro atoms. The largest absolute Gasteiger partial charge is 0.354 e. The van der Waals surface area contributed by atoms with Crippen LogP contribution in [0.2, 0.25) is 0 Å². The Balaban J connectivity index is 1.34. The standard InChI is InChI=1S/C20H20N8/c1-2-16(20-17(9-24-27-20)15(1)12-7-22-23-8-12)18-3-4-19(26-25-18)28-10-13-5-21-6-14(13)11-28/h1-4,7-9,13-14,21H,5-6,10-11H2,(H,22,23)(H,24,27)/t13-,14+. The highest BCUT2D eigenvalue weighted by Crippen LogP contribution is 2.34. The molecule has 0 unspecified atom stereocenters. The SMILES string of the molecule is c1n[nH]cc1-c1ccc(-c2ccc(N3C[C@H]4CNC[C@H]4C3)nn2)c2[nH]ncc12. The van der Waals surface area contributed by atoms with Crippen LogP contribution in [0.1, 0.15) is 0 Å². The molecule has 0 bridgehead atoms. The van der Waals surface area contributed by atoms with Crippen LogP contribution in [0.15, 0.2) is 42.9 Å². The molecule has 0 saturated carbocycles. The lowest BCUT2D eigenvalue weighted by Gasteiger charge is -2.18. The maximum absolute atomic E-state index is 4.54. The zero-order valence-electron chi connectivity index (χ0n) is 15.3. The summed E-state index contributed by atoms with van der Waals surface area (Å²) in [5.74, 6) is 2.44. The van der Waals surface area contributed by atoms with Crippen LogP contribution in [-0.2, 0) is 0 Å². The molecule has 3 aromatic heterocycles. The Kier molecular flexibility index (Phi) is 3.45. The number of hydrogen-bond acceptors (Lipinski definition) is 6. The molecule has 2 fully saturated rings. The Morgan fingerprint density at radius 1 is 0.893 bits per heavy atom. The van der Waals surface area contributed by atoms with E-state index in [4.69, 9.17) is 0 Å². The van der Waals surface area contributed by atoms with E-state index in [1.54, 1.807) is 0 Å². The van der Waals surface area contributed by atoms with Crippen LogP contribution in [-0.4, -0.2) is 56.8 Å². The van der Waals surface area contributed by atoms with Crippen molar-refractivity contribution in [3.05, 3.63) is 42.9 Å². The lowest BCUT2D eigenvalue weighted by Crippen LogP contribution is -2.26. The van der Waals surface area contributed by atoms with Crippen LogP contribution in [0.25, 0.3) is 33.3 Å². The number of anilines is 1. The third kappa shape index (κ3) is 2.41. The molecule has 28 heavy (non-hydrogen) atoms. The third-order valence-corrected chi connectivity index (χ3v) is 6.06. The molecule has 2 aliphatic heterocycles. The summed E-state index contributed by atoms with van der Waals surface area (Å²) in [5.41, 5.74) is 4.93. The Morgan fingerprint density at radius 3 is 2.50 bits per heavy atom. The zero-order chi connectivity index (χ0) is 18.5. The fourth-order valence-corrected chi connectivity index (χ4v) is 4.58. The van der Waals surface area contributed by atoms with Gasteiger partial charge in [-0.25, -0.2) is 0 Å². The minimum atomic E-state index is 0.738. The number of benzene rings is 1. The minimum Gasteiger partial charge on any atom is -0.354 e. The molecule has 2 saturated heterocycles. The summed E-state index contributed by atoms with van der Waals surface area (Å²) in [6.07, 6.45) is 5.55. The minimum absolute atomic E-state index is 0.738. The number of rotatable bonds is 3. The monoisotopic (exact) mass is 372 g/mol. The lowest BCUT2D eigenvalue weighted by atomic mass is 10.0. The topological polar surface area (TPSA) is 98.4 Å². The molecule has 140 valence electrons. The summed E-state index contributed by atoms with van der Waals surface area (Å²) in [6.45, 7) is 4.37. The molecule has 6 rings (SSSR count). The average Bonchev–Trinajstić information content (AvgIpc) is 3.51. The number of nitrogens with one attached hydrogen (secondary N) is 3. The van der Waals surface area contributed by atoms with E-state index >= 15 is 0 Å². The maximum atomic E-state index is 4.54. The predicted molar refractivity (Wildman–Crippen MR) is 107 cm³/mol. The van der Waals surface area contributed by atoms with Crippen molar-refractivity contribution in [1.29, 1.82) is 0 Å². The smallest absolute Gasteiger partial charge is 0.151 e.